The molecular formula is C32H27ClN2O5S. The molecule has 4 aromatic carbocycles. The molecule has 9 heteroatoms. The average molecular weight is 587 g/mol. The maximum Gasteiger partial charge on any atom is 0.327 e. The van der Waals surface area contributed by atoms with Crippen molar-refractivity contribution in [1.29, 1.82) is 0 Å². The second-order valence-electron chi connectivity index (χ2n) is 8.87. The average Bonchev–Trinajstić information content (AvgIpc) is 2.97. The van der Waals surface area contributed by atoms with Crippen molar-refractivity contribution >= 4 is 47.2 Å². The number of aliphatic carboxylic acids is 1. The van der Waals surface area contributed by atoms with Crippen LogP contribution in [0.1, 0.15) is 21.5 Å². The van der Waals surface area contributed by atoms with Crippen LogP contribution in [0.5, 0.6) is 11.5 Å². The minimum atomic E-state index is -1.18. The Morgan fingerprint density at radius 3 is 2.20 bits per heavy atom. The van der Waals surface area contributed by atoms with Crippen LogP contribution in [0.15, 0.2) is 115 Å². The van der Waals surface area contributed by atoms with Crippen LogP contribution in [0.25, 0.3) is 6.08 Å². The Bertz CT molecular complexity index is 1510. The first-order chi connectivity index (χ1) is 19.9. The first-order valence-electron chi connectivity index (χ1n) is 12.6. The van der Waals surface area contributed by atoms with Crippen LogP contribution in [0.4, 0.5) is 0 Å². The molecule has 0 saturated heterocycles. The molecule has 0 bridgehead atoms. The molecule has 2 amide bonds. The number of carbonyl (C=O) groups is 3. The van der Waals surface area contributed by atoms with E-state index >= 15 is 0 Å². The number of thioether (sulfide) groups is 1. The maximum atomic E-state index is 13.4. The summed E-state index contributed by atoms with van der Waals surface area (Å²) in [5.74, 6) is -0.589. The zero-order valence-corrected chi connectivity index (χ0v) is 23.4. The van der Waals surface area contributed by atoms with Crippen molar-refractivity contribution in [3.05, 3.63) is 137 Å². The summed E-state index contributed by atoms with van der Waals surface area (Å²) in [5.41, 5.74) is 1.76. The molecule has 208 valence electrons. The Morgan fingerprint density at radius 2 is 1.51 bits per heavy atom. The summed E-state index contributed by atoms with van der Waals surface area (Å²) in [6.07, 6.45) is 1.47. The molecule has 0 aromatic heterocycles. The van der Waals surface area contributed by atoms with Crippen molar-refractivity contribution in [2.75, 3.05) is 5.75 Å². The summed E-state index contributed by atoms with van der Waals surface area (Å²) in [7, 11) is 0. The van der Waals surface area contributed by atoms with Crippen molar-refractivity contribution in [3.63, 3.8) is 0 Å². The molecule has 3 N–H and O–H groups in total. The van der Waals surface area contributed by atoms with E-state index in [2.05, 4.69) is 10.6 Å². The Kier molecular flexibility index (Phi) is 10.6. The van der Waals surface area contributed by atoms with Crippen molar-refractivity contribution in [3.8, 4) is 11.5 Å². The van der Waals surface area contributed by atoms with E-state index < -0.39 is 23.8 Å². The summed E-state index contributed by atoms with van der Waals surface area (Å²) in [5, 5.41) is 15.4. The van der Waals surface area contributed by atoms with Gasteiger partial charge in [-0.15, -0.1) is 0 Å². The Balaban J connectivity index is 1.54. The van der Waals surface area contributed by atoms with Gasteiger partial charge in [0.15, 0.2) is 0 Å². The molecule has 4 rings (SSSR count). The summed E-state index contributed by atoms with van der Waals surface area (Å²) in [6.45, 7) is 0. The van der Waals surface area contributed by atoms with Crippen LogP contribution in [-0.4, -0.2) is 34.7 Å². The molecule has 41 heavy (non-hydrogen) atoms. The van der Waals surface area contributed by atoms with E-state index in [0.717, 1.165) is 5.56 Å². The first-order valence-corrected chi connectivity index (χ1v) is 14.2. The van der Waals surface area contributed by atoms with Gasteiger partial charge in [-0.2, -0.15) is 11.8 Å². The van der Waals surface area contributed by atoms with Crippen molar-refractivity contribution in [2.24, 2.45) is 0 Å². The van der Waals surface area contributed by atoms with Crippen molar-refractivity contribution < 1.29 is 24.2 Å². The molecule has 0 aliphatic rings. The molecular weight excluding hydrogens is 560 g/mol. The smallest absolute Gasteiger partial charge is 0.327 e. The fourth-order valence-corrected chi connectivity index (χ4v) is 4.83. The number of benzene rings is 4. The topological polar surface area (TPSA) is 105 Å². The van der Waals surface area contributed by atoms with E-state index in [1.807, 2.05) is 60.7 Å². The Labute approximate surface area is 247 Å². The fraction of sp³-hybridized carbons (Fsp3) is 0.0938. The number of hydrogen-bond acceptors (Lipinski definition) is 5. The van der Waals surface area contributed by atoms with Gasteiger partial charge in [0.25, 0.3) is 11.8 Å². The van der Waals surface area contributed by atoms with Gasteiger partial charge in [0, 0.05) is 22.1 Å². The maximum absolute atomic E-state index is 13.4. The monoisotopic (exact) mass is 586 g/mol. The number of carbonyl (C=O) groups excluding carboxylic acids is 2. The molecule has 0 aliphatic carbocycles. The molecule has 0 saturated carbocycles. The van der Waals surface area contributed by atoms with E-state index in [9.17, 15) is 19.5 Å². The SMILES string of the molecule is O=C(NC(CSCc1ccccc1)C(=O)O)C(=Cc1cccc(Oc2ccccc2)c1)NC(=O)c1ccc(Cl)cc1. The van der Waals surface area contributed by atoms with Crippen molar-refractivity contribution in [1.82, 2.24) is 10.6 Å². The van der Waals surface area contributed by atoms with Gasteiger partial charge >= 0.3 is 5.97 Å². The lowest BCUT2D eigenvalue weighted by molar-refractivity contribution is -0.140. The number of rotatable bonds is 12. The number of amides is 2. The minimum Gasteiger partial charge on any atom is -0.480 e. The lowest BCUT2D eigenvalue weighted by Gasteiger charge is -2.17. The van der Waals surface area contributed by atoms with E-state index in [-0.39, 0.29) is 17.0 Å². The van der Waals surface area contributed by atoms with Crippen molar-refractivity contribution in [2.45, 2.75) is 11.8 Å². The number of para-hydroxylation sites is 1. The molecule has 0 spiro atoms. The summed E-state index contributed by atoms with van der Waals surface area (Å²) < 4.78 is 5.89. The number of nitrogens with one attached hydrogen (secondary N) is 2. The van der Waals surface area contributed by atoms with Crippen LogP contribution < -0.4 is 15.4 Å². The van der Waals surface area contributed by atoms with Gasteiger partial charge in [-0.3, -0.25) is 9.59 Å². The van der Waals surface area contributed by atoms with E-state index in [0.29, 0.717) is 27.8 Å². The van der Waals surface area contributed by atoms with Crippen LogP contribution in [-0.2, 0) is 15.3 Å². The molecule has 1 atom stereocenters. The predicted molar refractivity (Wildman–Crippen MR) is 162 cm³/mol. The van der Waals surface area contributed by atoms with Gasteiger partial charge in [-0.1, -0.05) is 72.3 Å². The van der Waals surface area contributed by atoms with Gasteiger partial charge < -0.3 is 20.5 Å². The fourth-order valence-electron chi connectivity index (χ4n) is 3.69. The lowest BCUT2D eigenvalue weighted by Crippen LogP contribution is -2.45. The molecule has 1 unspecified atom stereocenters. The van der Waals surface area contributed by atoms with Crippen LogP contribution >= 0.6 is 23.4 Å². The third-order valence-corrected chi connectivity index (χ3v) is 7.11. The Hall–Kier alpha value is -4.53. The van der Waals surface area contributed by atoms with Crippen LogP contribution in [0.3, 0.4) is 0 Å². The normalized spacial score (nSPS) is 11.8. The number of halogens is 1. The number of carboxylic acid groups (broad SMARTS) is 1. The lowest BCUT2D eigenvalue weighted by atomic mass is 10.1. The highest BCUT2D eigenvalue weighted by Gasteiger charge is 2.23. The Morgan fingerprint density at radius 1 is 0.854 bits per heavy atom. The van der Waals surface area contributed by atoms with Gasteiger partial charge in [0.1, 0.15) is 23.2 Å². The highest BCUT2D eigenvalue weighted by atomic mass is 35.5. The minimum absolute atomic E-state index is 0.124. The molecule has 0 heterocycles. The number of carboxylic acids is 1. The summed E-state index contributed by atoms with van der Waals surface area (Å²) in [4.78, 5) is 38.4. The second-order valence-corrected chi connectivity index (χ2v) is 10.3. The van der Waals surface area contributed by atoms with Gasteiger partial charge in [0.2, 0.25) is 0 Å². The van der Waals surface area contributed by atoms with Crippen LogP contribution in [0.2, 0.25) is 5.02 Å². The second kappa shape index (κ2) is 14.7. The third kappa shape index (κ3) is 9.27. The highest BCUT2D eigenvalue weighted by Crippen LogP contribution is 2.23. The zero-order chi connectivity index (χ0) is 29.0. The van der Waals surface area contributed by atoms with Crippen LogP contribution in [0, 0.1) is 0 Å². The summed E-state index contributed by atoms with van der Waals surface area (Å²) >= 11 is 7.33. The summed E-state index contributed by atoms with van der Waals surface area (Å²) in [6, 6.07) is 30.8. The van der Waals surface area contributed by atoms with E-state index in [4.69, 9.17) is 16.3 Å². The standard InChI is InChI=1S/C32H27ClN2O5S/c33-25-16-14-24(15-17-25)30(36)34-28(19-23-10-7-13-27(18-23)40-26-11-5-2-6-12-26)31(37)35-29(32(38)39)21-41-20-22-8-3-1-4-9-22/h1-19,29H,20-21H2,(H,34,36)(H,35,37)(H,38,39). The molecule has 7 nitrogen and oxygen atoms in total. The molecule has 0 fully saturated rings. The molecule has 0 radical (unpaired) electrons. The van der Waals surface area contributed by atoms with Gasteiger partial charge in [0.05, 0.1) is 0 Å². The highest BCUT2D eigenvalue weighted by molar-refractivity contribution is 7.98. The molecule has 4 aromatic rings. The number of ether oxygens (including phenoxy) is 1. The number of hydrogen-bond donors (Lipinski definition) is 3. The first kappa shape index (κ1) is 29.5. The quantitative estimate of drug-likeness (QED) is 0.166. The predicted octanol–water partition coefficient (Wildman–Crippen LogP) is 6.41. The van der Waals surface area contributed by atoms with Gasteiger partial charge in [-0.25, -0.2) is 4.79 Å². The zero-order valence-electron chi connectivity index (χ0n) is 21.8. The van der Waals surface area contributed by atoms with Gasteiger partial charge in [-0.05, 0) is 65.7 Å². The van der Waals surface area contributed by atoms with E-state index in [1.165, 1.54) is 30.0 Å². The van der Waals surface area contributed by atoms with E-state index in [1.54, 1.807) is 36.4 Å². The third-order valence-electron chi connectivity index (χ3n) is 5.75. The largest absolute Gasteiger partial charge is 0.480 e. The molecule has 0 aliphatic heterocycles.